The number of rotatable bonds is 6. The number of carboxylic acids is 1. The maximum Gasteiger partial charge on any atom is 0.303 e. The van der Waals surface area contributed by atoms with Gasteiger partial charge >= 0.3 is 5.97 Å². The highest BCUT2D eigenvalue weighted by Crippen LogP contribution is 2.41. The summed E-state index contributed by atoms with van der Waals surface area (Å²) < 4.78 is 0. The molecule has 2 rings (SSSR count). The van der Waals surface area contributed by atoms with Crippen LogP contribution in [0.2, 0.25) is 0 Å². The molecule has 92 valence electrons. The Bertz CT molecular complexity index is 428. The Balaban J connectivity index is 1.74. The van der Waals surface area contributed by atoms with Crippen molar-refractivity contribution in [1.82, 2.24) is 10.2 Å². The fourth-order valence-electron chi connectivity index (χ4n) is 1.36. The number of carbonyl (C=O) groups excluding carboxylic acids is 1. The molecule has 1 amide bonds. The predicted octanol–water partition coefficient (Wildman–Crippen LogP) is 1.61. The van der Waals surface area contributed by atoms with Crippen LogP contribution in [0, 0.1) is 0 Å². The summed E-state index contributed by atoms with van der Waals surface area (Å²) in [5, 5.41) is 20.4. The Labute approximate surface area is 102 Å². The minimum Gasteiger partial charge on any atom is -0.481 e. The second-order valence-corrected chi connectivity index (χ2v) is 5.02. The van der Waals surface area contributed by atoms with Crippen molar-refractivity contribution in [2.45, 2.75) is 38.0 Å². The van der Waals surface area contributed by atoms with Crippen LogP contribution in [0.15, 0.2) is 0 Å². The van der Waals surface area contributed by atoms with Crippen LogP contribution < -0.4 is 5.32 Å². The second kappa shape index (κ2) is 5.22. The highest BCUT2D eigenvalue weighted by Gasteiger charge is 2.27. The normalized spacial score (nSPS) is 14.6. The van der Waals surface area contributed by atoms with E-state index in [9.17, 15) is 9.59 Å². The van der Waals surface area contributed by atoms with E-state index in [0.717, 1.165) is 17.8 Å². The molecule has 0 atom stereocenters. The van der Waals surface area contributed by atoms with Crippen LogP contribution in [0.4, 0.5) is 5.13 Å². The molecule has 0 radical (unpaired) electrons. The van der Waals surface area contributed by atoms with Crippen molar-refractivity contribution in [3.8, 4) is 0 Å². The second-order valence-electron chi connectivity index (χ2n) is 4.02. The summed E-state index contributed by atoms with van der Waals surface area (Å²) in [5.41, 5.74) is 0. The molecule has 1 aromatic heterocycles. The molecule has 0 saturated heterocycles. The largest absolute Gasteiger partial charge is 0.481 e. The summed E-state index contributed by atoms with van der Waals surface area (Å²) in [5.74, 6) is -0.556. The first-order chi connectivity index (χ1) is 8.15. The molecule has 1 fully saturated rings. The first-order valence-electron chi connectivity index (χ1n) is 5.50. The van der Waals surface area contributed by atoms with Crippen molar-refractivity contribution in [2.75, 3.05) is 5.32 Å². The maximum absolute atomic E-state index is 11.4. The number of hydrogen-bond acceptors (Lipinski definition) is 5. The molecule has 0 bridgehead atoms. The van der Waals surface area contributed by atoms with Gasteiger partial charge in [-0.1, -0.05) is 11.3 Å². The van der Waals surface area contributed by atoms with Crippen molar-refractivity contribution >= 4 is 28.3 Å². The summed E-state index contributed by atoms with van der Waals surface area (Å²) in [4.78, 5) is 21.7. The SMILES string of the molecule is O=C(O)CCCC(=O)Nc1nnc(C2CC2)s1. The Hall–Kier alpha value is -1.50. The van der Waals surface area contributed by atoms with Gasteiger partial charge in [-0.25, -0.2) is 0 Å². The minimum atomic E-state index is -0.885. The van der Waals surface area contributed by atoms with Gasteiger partial charge in [0.05, 0.1) is 0 Å². The third-order valence-corrected chi connectivity index (χ3v) is 3.41. The van der Waals surface area contributed by atoms with E-state index in [0.29, 0.717) is 17.5 Å². The van der Waals surface area contributed by atoms with E-state index in [2.05, 4.69) is 15.5 Å². The Morgan fingerprint density at radius 1 is 1.35 bits per heavy atom. The molecule has 1 aromatic rings. The van der Waals surface area contributed by atoms with Crippen molar-refractivity contribution < 1.29 is 14.7 Å². The van der Waals surface area contributed by atoms with Gasteiger partial charge in [-0.15, -0.1) is 10.2 Å². The summed E-state index contributed by atoms with van der Waals surface area (Å²) in [6.45, 7) is 0. The zero-order valence-electron chi connectivity index (χ0n) is 9.18. The summed E-state index contributed by atoms with van der Waals surface area (Å²) in [7, 11) is 0. The summed E-state index contributed by atoms with van der Waals surface area (Å²) >= 11 is 1.40. The average molecular weight is 255 g/mol. The van der Waals surface area contributed by atoms with Crippen molar-refractivity contribution in [2.24, 2.45) is 0 Å². The maximum atomic E-state index is 11.4. The lowest BCUT2D eigenvalue weighted by Crippen LogP contribution is -2.11. The third-order valence-electron chi connectivity index (χ3n) is 2.41. The molecule has 1 saturated carbocycles. The van der Waals surface area contributed by atoms with Gasteiger partial charge < -0.3 is 10.4 Å². The van der Waals surface area contributed by atoms with Crippen molar-refractivity contribution in [3.05, 3.63) is 5.01 Å². The van der Waals surface area contributed by atoms with E-state index in [-0.39, 0.29) is 18.7 Å². The fraction of sp³-hybridized carbons (Fsp3) is 0.600. The van der Waals surface area contributed by atoms with E-state index >= 15 is 0 Å². The zero-order valence-corrected chi connectivity index (χ0v) is 10.00. The van der Waals surface area contributed by atoms with Gasteiger partial charge in [0.25, 0.3) is 0 Å². The monoisotopic (exact) mass is 255 g/mol. The number of aromatic nitrogens is 2. The van der Waals surface area contributed by atoms with Crippen LogP contribution in [0.25, 0.3) is 0 Å². The fourth-order valence-corrected chi connectivity index (χ4v) is 2.29. The molecule has 2 N–H and O–H groups in total. The summed E-state index contributed by atoms with van der Waals surface area (Å²) in [6.07, 6.45) is 2.86. The number of aliphatic carboxylic acids is 1. The minimum absolute atomic E-state index is 0.0108. The standard InChI is InChI=1S/C10H13N3O3S/c14-7(2-1-3-8(15)16)11-10-13-12-9(17-10)6-4-5-6/h6H,1-5H2,(H,15,16)(H,11,13,14). The zero-order chi connectivity index (χ0) is 12.3. The van der Waals surface area contributed by atoms with Gasteiger partial charge in [0.2, 0.25) is 11.0 Å². The molecule has 7 heteroatoms. The Morgan fingerprint density at radius 3 is 2.76 bits per heavy atom. The van der Waals surface area contributed by atoms with Crippen LogP contribution in [0.3, 0.4) is 0 Å². The van der Waals surface area contributed by atoms with Gasteiger partial charge in [-0.3, -0.25) is 9.59 Å². The number of amides is 1. The molecule has 0 spiro atoms. The topological polar surface area (TPSA) is 92.2 Å². The highest BCUT2D eigenvalue weighted by atomic mass is 32.1. The van der Waals surface area contributed by atoms with Gasteiger partial charge in [0.15, 0.2) is 0 Å². The van der Waals surface area contributed by atoms with Gasteiger partial charge in [-0.2, -0.15) is 0 Å². The molecule has 6 nitrogen and oxygen atoms in total. The molecule has 0 unspecified atom stereocenters. The molecular formula is C10H13N3O3S. The van der Waals surface area contributed by atoms with E-state index in [1.54, 1.807) is 0 Å². The van der Waals surface area contributed by atoms with Gasteiger partial charge in [-0.05, 0) is 19.3 Å². The number of carbonyl (C=O) groups is 2. The third kappa shape index (κ3) is 3.77. The van der Waals surface area contributed by atoms with E-state index < -0.39 is 5.97 Å². The van der Waals surface area contributed by atoms with Crippen molar-refractivity contribution in [1.29, 1.82) is 0 Å². The lowest BCUT2D eigenvalue weighted by atomic mass is 10.2. The van der Waals surface area contributed by atoms with Crippen LogP contribution in [-0.4, -0.2) is 27.2 Å². The molecule has 17 heavy (non-hydrogen) atoms. The van der Waals surface area contributed by atoms with Gasteiger partial charge in [0.1, 0.15) is 5.01 Å². The molecule has 0 aliphatic heterocycles. The number of nitrogens with zero attached hydrogens (tertiary/aromatic N) is 2. The summed E-state index contributed by atoms with van der Waals surface area (Å²) in [6, 6.07) is 0. The van der Waals surface area contributed by atoms with E-state index in [1.807, 2.05) is 0 Å². The molecule has 1 aliphatic rings. The number of nitrogens with one attached hydrogen (secondary N) is 1. The lowest BCUT2D eigenvalue weighted by Gasteiger charge is -1.98. The number of hydrogen-bond donors (Lipinski definition) is 2. The Kier molecular flexibility index (Phi) is 3.68. The van der Waals surface area contributed by atoms with E-state index in [1.165, 1.54) is 11.3 Å². The van der Waals surface area contributed by atoms with Crippen LogP contribution >= 0.6 is 11.3 Å². The number of carboxylic acid groups (broad SMARTS) is 1. The smallest absolute Gasteiger partial charge is 0.303 e. The van der Waals surface area contributed by atoms with E-state index in [4.69, 9.17) is 5.11 Å². The quantitative estimate of drug-likeness (QED) is 0.805. The average Bonchev–Trinajstić information content (AvgIpc) is 3.00. The van der Waals surface area contributed by atoms with Gasteiger partial charge in [0, 0.05) is 18.8 Å². The first kappa shape index (κ1) is 12.0. The van der Waals surface area contributed by atoms with Crippen LogP contribution in [0.5, 0.6) is 0 Å². The predicted molar refractivity (Wildman–Crippen MR) is 62.0 cm³/mol. The van der Waals surface area contributed by atoms with Crippen LogP contribution in [-0.2, 0) is 9.59 Å². The molecule has 1 heterocycles. The Morgan fingerprint density at radius 2 is 2.12 bits per heavy atom. The van der Waals surface area contributed by atoms with Crippen molar-refractivity contribution in [3.63, 3.8) is 0 Å². The first-order valence-corrected chi connectivity index (χ1v) is 6.32. The number of anilines is 1. The molecule has 0 aromatic carbocycles. The highest BCUT2D eigenvalue weighted by molar-refractivity contribution is 7.15. The molecule has 1 aliphatic carbocycles. The lowest BCUT2D eigenvalue weighted by molar-refractivity contribution is -0.137. The van der Waals surface area contributed by atoms with Crippen LogP contribution in [0.1, 0.15) is 43.0 Å². The molecular weight excluding hydrogens is 242 g/mol.